The van der Waals surface area contributed by atoms with Crippen molar-refractivity contribution in [2.24, 2.45) is 5.92 Å². The zero-order chi connectivity index (χ0) is 23.2. The summed E-state index contributed by atoms with van der Waals surface area (Å²) in [6.45, 7) is 16.3. The van der Waals surface area contributed by atoms with E-state index in [2.05, 4.69) is 59.9 Å². The molecule has 1 fully saturated rings. The second-order valence-electron chi connectivity index (χ2n) is 10.9. The smallest absolute Gasteiger partial charge is 0.326 e. The van der Waals surface area contributed by atoms with Crippen LogP contribution in [0.4, 0.5) is 0 Å². The van der Waals surface area contributed by atoms with Crippen LogP contribution in [-0.2, 0) is 14.0 Å². The van der Waals surface area contributed by atoms with Gasteiger partial charge in [-0.15, -0.1) is 0 Å². The van der Waals surface area contributed by atoms with E-state index in [9.17, 15) is 4.79 Å². The first-order chi connectivity index (χ1) is 14.7. The van der Waals surface area contributed by atoms with Crippen LogP contribution in [-0.4, -0.2) is 33.0 Å². The fourth-order valence-electron chi connectivity index (χ4n) is 6.51. The Hall–Kier alpha value is -0.813. The lowest BCUT2D eigenvalue weighted by Crippen LogP contribution is -2.65. The van der Waals surface area contributed by atoms with Gasteiger partial charge in [-0.25, -0.2) is 0 Å². The molecule has 0 amide bonds. The molecular weight excluding hydrogens is 402 g/mol. The number of hydrogen-bond acceptors (Lipinski definition) is 4. The van der Waals surface area contributed by atoms with E-state index < -0.39 is 13.9 Å². The van der Waals surface area contributed by atoms with Gasteiger partial charge in [0.15, 0.2) is 0 Å². The second-order valence-corrected chi connectivity index (χ2v) is 16.2. The summed E-state index contributed by atoms with van der Waals surface area (Å²) >= 11 is 0. The summed E-state index contributed by atoms with van der Waals surface area (Å²) in [6, 6.07) is 0.179. The number of ether oxygens (including phenoxy) is 1. The lowest BCUT2D eigenvalue weighted by molar-refractivity contribution is -0.154. The van der Waals surface area contributed by atoms with E-state index in [4.69, 9.17) is 9.16 Å². The van der Waals surface area contributed by atoms with Crippen molar-refractivity contribution in [1.29, 1.82) is 0 Å². The van der Waals surface area contributed by atoms with E-state index in [1.807, 2.05) is 0 Å². The summed E-state index contributed by atoms with van der Waals surface area (Å²) in [4.78, 5) is 13.2. The molecule has 0 unspecified atom stereocenters. The molecule has 4 nitrogen and oxygen atoms in total. The predicted octanol–water partition coefficient (Wildman–Crippen LogP) is 7.11. The van der Waals surface area contributed by atoms with E-state index in [-0.39, 0.29) is 17.9 Å². The molecular formula is C26H49NO3Si. The average Bonchev–Trinajstić information content (AvgIpc) is 2.73. The number of carbonyl (C=O) groups excluding carboxylic acids is 1. The third-order valence-electron chi connectivity index (χ3n) is 7.98. The first-order valence-electron chi connectivity index (χ1n) is 12.9. The molecule has 1 saturated carbocycles. The minimum absolute atomic E-state index is 0.0868. The molecule has 180 valence electrons. The van der Waals surface area contributed by atoms with Crippen LogP contribution in [0.1, 0.15) is 106 Å². The first-order valence-corrected chi connectivity index (χ1v) is 15.1. The number of esters is 1. The SMILES string of the molecule is CCCCCC[C@@H]1C=C(O[Si](C(C)C)(C(C)C)C(C)C)[C@H]2CCCC[C@@]2(C(=O)OC)N1. The topological polar surface area (TPSA) is 47.6 Å². The molecule has 2 aliphatic rings. The number of fused-ring (bicyclic) bond motifs is 1. The number of nitrogens with one attached hydrogen (secondary N) is 1. The Kier molecular flexibility index (Phi) is 9.69. The van der Waals surface area contributed by atoms with Gasteiger partial charge in [0.2, 0.25) is 0 Å². The zero-order valence-corrected chi connectivity index (χ0v) is 22.6. The van der Waals surface area contributed by atoms with Gasteiger partial charge in [-0.2, -0.15) is 0 Å². The highest BCUT2D eigenvalue weighted by atomic mass is 28.4. The van der Waals surface area contributed by atoms with Gasteiger partial charge in [-0.3, -0.25) is 10.1 Å². The molecule has 0 aromatic carbocycles. The Morgan fingerprint density at radius 1 is 1.10 bits per heavy atom. The Balaban J connectivity index is 2.46. The van der Waals surface area contributed by atoms with Crippen LogP contribution < -0.4 is 5.32 Å². The summed E-state index contributed by atoms with van der Waals surface area (Å²) in [6.07, 6.45) is 12.4. The van der Waals surface area contributed by atoms with E-state index in [1.54, 1.807) is 0 Å². The lowest BCUT2D eigenvalue weighted by Gasteiger charge is -2.51. The van der Waals surface area contributed by atoms with Crippen molar-refractivity contribution in [2.75, 3.05) is 7.11 Å². The third-order valence-corrected chi connectivity index (χ3v) is 14.0. The largest absolute Gasteiger partial charge is 0.546 e. The molecule has 1 N–H and O–H groups in total. The Bertz CT molecular complexity index is 594. The van der Waals surface area contributed by atoms with Crippen LogP contribution in [0.2, 0.25) is 16.6 Å². The first kappa shape index (κ1) is 26.4. The van der Waals surface area contributed by atoms with Crippen LogP contribution in [0.3, 0.4) is 0 Å². The van der Waals surface area contributed by atoms with Gasteiger partial charge in [-0.1, -0.05) is 87.0 Å². The number of unbranched alkanes of at least 4 members (excludes halogenated alkanes) is 3. The van der Waals surface area contributed by atoms with Crippen LogP contribution in [0.15, 0.2) is 11.8 Å². The standard InChI is InChI=1S/C26H49NO3Si/c1-9-10-11-12-15-22-18-24(30-31(19(2)3,20(4)5)21(6)7)23-16-13-14-17-26(23,27-22)25(28)29-8/h18-23,27H,9-17H2,1-8H3/t22-,23-,26-/m1/s1. The minimum atomic E-state index is -2.09. The summed E-state index contributed by atoms with van der Waals surface area (Å²) in [5.41, 5.74) is 0.921. The molecule has 0 bridgehead atoms. The Morgan fingerprint density at radius 3 is 2.29 bits per heavy atom. The van der Waals surface area contributed by atoms with Crippen LogP contribution >= 0.6 is 0 Å². The molecule has 5 heteroatoms. The normalized spacial score (nSPS) is 26.7. The molecule has 0 aromatic rings. The maximum absolute atomic E-state index is 13.2. The van der Waals surface area contributed by atoms with Gasteiger partial charge in [0.05, 0.1) is 12.9 Å². The lowest BCUT2D eigenvalue weighted by atomic mass is 9.69. The van der Waals surface area contributed by atoms with Gasteiger partial charge < -0.3 is 9.16 Å². The summed E-state index contributed by atoms with van der Waals surface area (Å²) in [5, 5.41) is 3.78. The maximum atomic E-state index is 13.2. The molecule has 0 spiro atoms. The van der Waals surface area contributed by atoms with Crippen LogP contribution in [0.25, 0.3) is 0 Å². The quantitative estimate of drug-likeness (QED) is 0.207. The fraction of sp³-hybridized carbons (Fsp3) is 0.885. The van der Waals surface area contributed by atoms with Crippen LogP contribution in [0.5, 0.6) is 0 Å². The number of hydrogen-bond donors (Lipinski definition) is 1. The van der Waals surface area contributed by atoms with Crippen LogP contribution in [0, 0.1) is 5.92 Å². The van der Waals surface area contributed by atoms with Gasteiger partial charge in [0, 0.05) is 12.0 Å². The number of methoxy groups -OCH3 is 1. The summed E-state index contributed by atoms with van der Waals surface area (Å²) in [5.74, 6) is 1.09. The molecule has 1 heterocycles. The van der Waals surface area contributed by atoms with E-state index >= 15 is 0 Å². The highest BCUT2D eigenvalue weighted by Gasteiger charge is 2.56. The van der Waals surface area contributed by atoms with Crippen molar-refractivity contribution in [1.82, 2.24) is 5.32 Å². The highest BCUT2D eigenvalue weighted by molar-refractivity contribution is 6.77. The zero-order valence-electron chi connectivity index (χ0n) is 21.6. The van der Waals surface area contributed by atoms with Crippen molar-refractivity contribution in [3.05, 3.63) is 11.8 Å². The molecule has 0 radical (unpaired) electrons. The molecule has 1 aliphatic carbocycles. The molecule has 0 saturated heterocycles. The molecule has 3 atom stereocenters. The predicted molar refractivity (Wildman–Crippen MR) is 133 cm³/mol. The van der Waals surface area contributed by atoms with Crippen molar-refractivity contribution in [3.8, 4) is 0 Å². The molecule has 2 rings (SSSR count). The van der Waals surface area contributed by atoms with Crippen molar-refractivity contribution < 1.29 is 14.0 Å². The Morgan fingerprint density at radius 2 is 1.74 bits per heavy atom. The molecule has 0 aromatic heterocycles. The molecule has 31 heavy (non-hydrogen) atoms. The van der Waals surface area contributed by atoms with Gasteiger partial charge in [0.25, 0.3) is 8.32 Å². The van der Waals surface area contributed by atoms with Gasteiger partial charge in [0.1, 0.15) is 5.54 Å². The highest BCUT2D eigenvalue weighted by Crippen LogP contribution is 2.49. The summed E-state index contributed by atoms with van der Waals surface area (Å²) < 4.78 is 12.7. The van der Waals surface area contributed by atoms with Crippen molar-refractivity contribution in [3.63, 3.8) is 0 Å². The van der Waals surface area contributed by atoms with Crippen molar-refractivity contribution in [2.45, 2.75) is 134 Å². The number of rotatable bonds is 11. The van der Waals surface area contributed by atoms with Crippen molar-refractivity contribution >= 4 is 14.3 Å². The third kappa shape index (κ3) is 5.40. The van der Waals surface area contributed by atoms with Gasteiger partial charge >= 0.3 is 5.97 Å². The molecule has 1 aliphatic heterocycles. The average molecular weight is 452 g/mol. The second kappa shape index (κ2) is 11.4. The van der Waals surface area contributed by atoms with E-state index in [1.165, 1.54) is 32.8 Å². The maximum Gasteiger partial charge on any atom is 0.326 e. The minimum Gasteiger partial charge on any atom is -0.546 e. The van der Waals surface area contributed by atoms with Gasteiger partial charge in [-0.05, 0) is 42.0 Å². The Labute approximate surface area is 193 Å². The fourth-order valence-corrected chi connectivity index (χ4v) is 11.8. The van der Waals surface area contributed by atoms with E-state index in [0.29, 0.717) is 16.6 Å². The summed E-state index contributed by atoms with van der Waals surface area (Å²) in [7, 11) is -0.554. The van der Waals surface area contributed by atoms with E-state index in [0.717, 1.165) is 37.9 Å². The number of carbonyl (C=O) groups is 1. The monoisotopic (exact) mass is 451 g/mol.